The second-order valence-electron chi connectivity index (χ2n) is 8.51. The normalized spacial score (nSPS) is 13.2. The maximum absolute atomic E-state index is 14.5. The molecule has 2 unspecified atom stereocenters. The third-order valence-electron chi connectivity index (χ3n) is 5.72. The molecule has 37 heavy (non-hydrogen) atoms. The minimum atomic E-state index is -4.64. The molecule has 0 radical (unpaired) electrons. The molecule has 0 saturated carbocycles. The summed E-state index contributed by atoms with van der Waals surface area (Å²) in [5.74, 6) is -1.25. The first-order valence-corrected chi connectivity index (χ1v) is 12.8. The van der Waals surface area contributed by atoms with Gasteiger partial charge in [-0.15, -0.1) is 0 Å². The minimum absolute atomic E-state index is 0.0704. The number of ether oxygens (including phenoxy) is 1. The molecular formula is C26H27F4N3O3S. The number of hydrogen-bond acceptors (Lipinski definition) is 4. The lowest BCUT2D eigenvalue weighted by molar-refractivity contribution is -0.141. The van der Waals surface area contributed by atoms with Gasteiger partial charge in [0.1, 0.15) is 17.3 Å². The van der Waals surface area contributed by atoms with Gasteiger partial charge in [0.05, 0.1) is 29.7 Å². The van der Waals surface area contributed by atoms with Crippen LogP contribution in [0.2, 0.25) is 0 Å². The zero-order chi connectivity index (χ0) is 27.3. The zero-order valence-electron chi connectivity index (χ0n) is 20.7. The number of benzene rings is 2. The van der Waals surface area contributed by atoms with E-state index in [0.29, 0.717) is 28.0 Å². The first kappa shape index (κ1) is 28.3. The van der Waals surface area contributed by atoms with Crippen LogP contribution in [0.15, 0.2) is 48.5 Å². The van der Waals surface area contributed by atoms with Crippen molar-refractivity contribution in [3.8, 4) is 17.0 Å². The van der Waals surface area contributed by atoms with Crippen molar-refractivity contribution in [2.45, 2.75) is 39.0 Å². The van der Waals surface area contributed by atoms with E-state index in [4.69, 9.17) is 4.74 Å². The van der Waals surface area contributed by atoms with Gasteiger partial charge in [0, 0.05) is 30.5 Å². The summed E-state index contributed by atoms with van der Waals surface area (Å²) in [5.41, 5.74) is 1.31. The second kappa shape index (κ2) is 11.8. The monoisotopic (exact) mass is 537 g/mol. The van der Waals surface area contributed by atoms with Crippen LogP contribution < -0.4 is 14.8 Å². The number of nitrogens with one attached hydrogen (secondary N) is 2. The molecule has 0 aliphatic carbocycles. The maximum atomic E-state index is 14.5. The van der Waals surface area contributed by atoms with Crippen LogP contribution in [0.4, 0.5) is 17.6 Å². The van der Waals surface area contributed by atoms with E-state index in [0.717, 1.165) is 11.6 Å². The van der Waals surface area contributed by atoms with Gasteiger partial charge in [0.2, 0.25) is 5.91 Å². The predicted molar refractivity (Wildman–Crippen MR) is 134 cm³/mol. The first-order valence-electron chi connectivity index (χ1n) is 11.2. The number of rotatable bonds is 9. The Bertz CT molecular complexity index is 1310. The maximum Gasteiger partial charge on any atom is 0.433 e. The third kappa shape index (κ3) is 7.36. The van der Waals surface area contributed by atoms with E-state index >= 15 is 0 Å². The number of halogens is 4. The van der Waals surface area contributed by atoms with Crippen molar-refractivity contribution in [3.63, 3.8) is 0 Å². The van der Waals surface area contributed by atoms with E-state index in [1.54, 1.807) is 38.1 Å². The van der Waals surface area contributed by atoms with E-state index in [9.17, 15) is 26.6 Å². The van der Waals surface area contributed by atoms with Gasteiger partial charge in [-0.1, -0.05) is 18.2 Å². The Kier molecular flexibility index (Phi) is 9.03. The number of methoxy groups -OCH3 is 1. The average Bonchev–Trinajstić information content (AvgIpc) is 2.84. The molecule has 1 heterocycles. The Labute approximate surface area is 215 Å². The fourth-order valence-corrected chi connectivity index (χ4v) is 4.04. The van der Waals surface area contributed by atoms with Crippen LogP contribution in [-0.2, 0) is 35.0 Å². The van der Waals surface area contributed by atoms with Gasteiger partial charge in [-0.25, -0.2) is 18.3 Å². The molecule has 0 spiro atoms. The van der Waals surface area contributed by atoms with E-state index in [-0.39, 0.29) is 18.8 Å². The van der Waals surface area contributed by atoms with Crippen LogP contribution in [0, 0.1) is 12.7 Å². The van der Waals surface area contributed by atoms with Crippen LogP contribution in [0.1, 0.15) is 40.8 Å². The Morgan fingerprint density at radius 2 is 1.78 bits per heavy atom. The molecule has 11 heteroatoms. The van der Waals surface area contributed by atoms with Crippen LogP contribution >= 0.6 is 0 Å². The molecule has 0 fully saturated rings. The molecule has 0 saturated heterocycles. The van der Waals surface area contributed by atoms with Gasteiger partial charge < -0.3 is 10.1 Å². The number of alkyl halides is 3. The molecule has 3 aromatic rings. The molecule has 6 nitrogen and oxygen atoms in total. The standard InChI is InChI=1S/C26H27F4N3O3S/c1-15-9-20(11-21(10-15)36-3)24-19(7-8-23(33-24)26(28,29)30)13-31-25(34)16(2)17-5-6-18(22(27)12-17)14-32-37(4)35/h5-12,16,32H,13-14H2,1-4H3,(H,31,34). The van der Waals surface area contributed by atoms with E-state index in [2.05, 4.69) is 15.0 Å². The fraction of sp³-hybridized carbons (Fsp3) is 0.308. The Morgan fingerprint density at radius 1 is 1.08 bits per heavy atom. The van der Waals surface area contributed by atoms with Crippen molar-refractivity contribution < 1.29 is 31.3 Å². The highest BCUT2D eigenvalue weighted by molar-refractivity contribution is 7.82. The molecule has 0 aliphatic heterocycles. The summed E-state index contributed by atoms with van der Waals surface area (Å²) >= 11 is 0. The molecule has 2 N–H and O–H groups in total. The van der Waals surface area contributed by atoms with Crippen LogP contribution in [0.25, 0.3) is 11.3 Å². The number of aromatic nitrogens is 1. The molecule has 1 aromatic heterocycles. The van der Waals surface area contributed by atoms with Gasteiger partial charge >= 0.3 is 6.18 Å². The summed E-state index contributed by atoms with van der Waals surface area (Å²) in [7, 11) is 0.158. The first-order chi connectivity index (χ1) is 17.4. The third-order valence-corrected chi connectivity index (χ3v) is 6.27. The Hall–Kier alpha value is -3.31. The molecule has 2 atom stereocenters. The van der Waals surface area contributed by atoms with Crippen molar-refractivity contribution in [2.75, 3.05) is 13.4 Å². The summed E-state index contributed by atoms with van der Waals surface area (Å²) < 4.78 is 73.7. The SMILES string of the molecule is COc1cc(C)cc(-c2nc(C(F)(F)F)ccc2CNC(=O)C(C)c2ccc(CNS(C)=O)c(F)c2)c1. The van der Waals surface area contributed by atoms with Crippen molar-refractivity contribution in [3.05, 3.63) is 82.3 Å². The van der Waals surface area contributed by atoms with Gasteiger partial charge in [-0.2, -0.15) is 13.2 Å². The largest absolute Gasteiger partial charge is 0.497 e. The van der Waals surface area contributed by atoms with E-state index in [1.807, 2.05) is 0 Å². The summed E-state index contributed by atoms with van der Waals surface area (Å²) in [6, 6.07) is 11.5. The number of pyridine rings is 1. The lowest BCUT2D eigenvalue weighted by atomic mass is 9.98. The van der Waals surface area contributed by atoms with Crippen molar-refractivity contribution in [2.24, 2.45) is 0 Å². The number of aryl methyl sites for hydroxylation is 1. The molecule has 0 aliphatic rings. The quantitative estimate of drug-likeness (QED) is 0.376. The second-order valence-corrected chi connectivity index (χ2v) is 9.70. The average molecular weight is 538 g/mol. The summed E-state index contributed by atoms with van der Waals surface area (Å²) in [5, 5.41) is 2.72. The van der Waals surface area contributed by atoms with Gasteiger partial charge in [-0.3, -0.25) is 4.79 Å². The Morgan fingerprint density at radius 3 is 2.41 bits per heavy atom. The highest BCUT2D eigenvalue weighted by Crippen LogP contribution is 2.33. The van der Waals surface area contributed by atoms with Gasteiger partial charge in [0.25, 0.3) is 0 Å². The van der Waals surface area contributed by atoms with E-state index in [1.165, 1.54) is 31.6 Å². The van der Waals surface area contributed by atoms with E-state index < -0.39 is 40.5 Å². The predicted octanol–water partition coefficient (Wildman–Crippen LogP) is 5.03. The molecule has 3 rings (SSSR count). The van der Waals surface area contributed by atoms with Crippen LogP contribution in [0.5, 0.6) is 5.75 Å². The number of nitrogens with zero attached hydrogens (tertiary/aromatic N) is 1. The number of carbonyl (C=O) groups excluding carboxylic acids is 1. The summed E-state index contributed by atoms with van der Waals surface area (Å²) in [6.07, 6.45) is -3.21. The lowest BCUT2D eigenvalue weighted by Crippen LogP contribution is -2.28. The van der Waals surface area contributed by atoms with Crippen molar-refractivity contribution in [1.82, 2.24) is 15.0 Å². The zero-order valence-corrected chi connectivity index (χ0v) is 21.5. The molecule has 198 valence electrons. The summed E-state index contributed by atoms with van der Waals surface area (Å²) in [6.45, 7) is 3.36. The molecule has 2 aromatic carbocycles. The van der Waals surface area contributed by atoms with Crippen molar-refractivity contribution in [1.29, 1.82) is 0 Å². The minimum Gasteiger partial charge on any atom is -0.497 e. The summed E-state index contributed by atoms with van der Waals surface area (Å²) in [4.78, 5) is 16.7. The molecule has 0 bridgehead atoms. The highest BCUT2D eigenvalue weighted by Gasteiger charge is 2.33. The molecular weight excluding hydrogens is 510 g/mol. The van der Waals surface area contributed by atoms with Crippen molar-refractivity contribution >= 4 is 16.9 Å². The van der Waals surface area contributed by atoms with Crippen LogP contribution in [0.3, 0.4) is 0 Å². The van der Waals surface area contributed by atoms with Gasteiger partial charge in [0.15, 0.2) is 0 Å². The number of amides is 1. The van der Waals surface area contributed by atoms with Gasteiger partial charge in [-0.05, 0) is 60.9 Å². The molecule has 1 amide bonds. The van der Waals surface area contributed by atoms with Crippen LogP contribution in [-0.4, -0.2) is 28.5 Å². The fourth-order valence-electron chi connectivity index (χ4n) is 3.68. The smallest absolute Gasteiger partial charge is 0.433 e. The lowest BCUT2D eigenvalue weighted by Gasteiger charge is -2.17. The highest BCUT2D eigenvalue weighted by atomic mass is 32.2. The number of hydrogen-bond donors (Lipinski definition) is 2. The number of carbonyl (C=O) groups is 1. The topological polar surface area (TPSA) is 80.3 Å². The Balaban J connectivity index is 1.84.